The van der Waals surface area contributed by atoms with E-state index in [0.29, 0.717) is 0 Å². The molecule has 0 fully saturated rings. The van der Waals surface area contributed by atoms with Gasteiger partial charge in [-0.15, -0.1) is 0 Å². The van der Waals surface area contributed by atoms with Gasteiger partial charge in [0.2, 0.25) is 0 Å². The number of hydrogen-bond donors (Lipinski definition) is 1. The molecular weight excluding hydrogens is 264 g/mol. The summed E-state index contributed by atoms with van der Waals surface area (Å²) in [7, 11) is 2.07. The molecule has 0 saturated heterocycles. The number of rotatable bonds is 10. The molecule has 0 N–H and O–H groups in total. The van der Waals surface area contributed by atoms with Gasteiger partial charge in [-0.05, 0) is 30.7 Å². The SMILES string of the molecule is CN(CCCCCCCCCS)c1ccccc1C#N. The topological polar surface area (TPSA) is 27.0 Å². The number of para-hydroxylation sites is 1. The average Bonchev–Trinajstić information content (AvgIpc) is 2.49. The maximum Gasteiger partial charge on any atom is 0.101 e. The lowest BCUT2D eigenvalue weighted by Gasteiger charge is -2.20. The van der Waals surface area contributed by atoms with Gasteiger partial charge in [-0.25, -0.2) is 0 Å². The van der Waals surface area contributed by atoms with Gasteiger partial charge in [0.05, 0.1) is 11.3 Å². The van der Waals surface area contributed by atoms with E-state index in [0.717, 1.165) is 23.5 Å². The highest BCUT2D eigenvalue weighted by molar-refractivity contribution is 7.80. The lowest BCUT2D eigenvalue weighted by molar-refractivity contribution is 0.590. The Balaban J connectivity index is 2.17. The maximum absolute atomic E-state index is 9.10. The van der Waals surface area contributed by atoms with E-state index >= 15 is 0 Å². The van der Waals surface area contributed by atoms with Crippen LogP contribution >= 0.6 is 12.6 Å². The van der Waals surface area contributed by atoms with Gasteiger partial charge in [0.15, 0.2) is 0 Å². The normalized spacial score (nSPS) is 10.2. The monoisotopic (exact) mass is 290 g/mol. The van der Waals surface area contributed by atoms with E-state index in [-0.39, 0.29) is 0 Å². The lowest BCUT2D eigenvalue weighted by atomic mass is 10.1. The quantitative estimate of drug-likeness (QED) is 0.501. The van der Waals surface area contributed by atoms with Gasteiger partial charge < -0.3 is 4.90 Å². The summed E-state index contributed by atoms with van der Waals surface area (Å²) in [6.07, 6.45) is 9.04. The minimum Gasteiger partial charge on any atom is -0.374 e. The fourth-order valence-corrected chi connectivity index (χ4v) is 2.59. The van der Waals surface area contributed by atoms with Gasteiger partial charge in [-0.2, -0.15) is 17.9 Å². The molecular formula is C17H26N2S. The summed E-state index contributed by atoms with van der Waals surface area (Å²) in [5.41, 5.74) is 1.81. The summed E-state index contributed by atoms with van der Waals surface area (Å²) in [6.45, 7) is 1.02. The van der Waals surface area contributed by atoms with Gasteiger partial charge in [0.25, 0.3) is 0 Å². The largest absolute Gasteiger partial charge is 0.374 e. The van der Waals surface area contributed by atoms with Crippen molar-refractivity contribution >= 4 is 18.3 Å². The fraction of sp³-hybridized carbons (Fsp3) is 0.588. The Morgan fingerprint density at radius 2 is 1.60 bits per heavy atom. The van der Waals surface area contributed by atoms with Crippen LogP contribution in [0.4, 0.5) is 5.69 Å². The molecule has 110 valence electrons. The van der Waals surface area contributed by atoms with Crippen molar-refractivity contribution in [3.63, 3.8) is 0 Å². The number of unbranched alkanes of at least 4 members (excludes halogenated alkanes) is 6. The Morgan fingerprint density at radius 1 is 1.00 bits per heavy atom. The van der Waals surface area contributed by atoms with Crippen LogP contribution in [0.2, 0.25) is 0 Å². The molecule has 0 radical (unpaired) electrons. The van der Waals surface area contributed by atoms with E-state index in [1.165, 1.54) is 44.9 Å². The van der Waals surface area contributed by atoms with Crippen LogP contribution in [0.15, 0.2) is 24.3 Å². The first kappa shape index (κ1) is 16.9. The Morgan fingerprint density at radius 3 is 2.25 bits per heavy atom. The molecule has 20 heavy (non-hydrogen) atoms. The van der Waals surface area contributed by atoms with Crippen molar-refractivity contribution in [2.24, 2.45) is 0 Å². The van der Waals surface area contributed by atoms with E-state index in [2.05, 4.69) is 30.6 Å². The van der Waals surface area contributed by atoms with Crippen LogP contribution < -0.4 is 4.90 Å². The predicted molar refractivity (Wildman–Crippen MR) is 90.6 cm³/mol. The Hall–Kier alpha value is -1.14. The number of nitrogens with zero attached hydrogens (tertiary/aromatic N) is 2. The molecule has 0 aliphatic heterocycles. The Kier molecular flexibility index (Phi) is 8.98. The van der Waals surface area contributed by atoms with Crippen molar-refractivity contribution in [3.8, 4) is 6.07 Å². The van der Waals surface area contributed by atoms with Crippen molar-refractivity contribution in [3.05, 3.63) is 29.8 Å². The van der Waals surface area contributed by atoms with Crippen LogP contribution in [0.3, 0.4) is 0 Å². The summed E-state index contributed by atoms with van der Waals surface area (Å²) in [6, 6.07) is 10.1. The predicted octanol–water partition coefficient (Wildman–Crippen LogP) is 4.65. The summed E-state index contributed by atoms with van der Waals surface area (Å²) < 4.78 is 0. The number of benzene rings is 1. The summed E-state index contributed by atoms with van der Waals surface area (Å²) in [5.74, 6) is 1.02. The molecule has 3 heteroatoms. The van der Waals surface area contributed by atoms with Crippen molar-refractivity contribution in [2.75, 3.05) is 24.2 Å². The highest BCUT2D eigenvalue weighted by atomic mass is 32.1. The van der Waals surface area contributed by atoms with E-state index in [9.17, 15) is 0 Å². The van der Waals surface area contributed by atoms with Crippen LogP contribution in [0.25, 0.3) is 0 Å². The van der Waals surface area contributed by atoms with E-state index in [1.807, 2.05) is 24.3 Å². The van der Waals surface area contributed by atoms with E-state index in [4.69, 9.17) is 5.26 Å². The average molecular weight is 290 g/mol. The molecule has 1 aromatic rings. The smallest absolute Gasteiger partial charge is 0.101 e. The molecule has 1 rings (SSSR count). The zero-order valence-electron chi connectivity index (χ0n) is 12.5. The summed E-state index contributed by atoms with van der Waals surface area (Å²) in [5, 5.41) is 9.10. The van der Waals surface area contributed by atoms with Crippen molar-refractivity contribution in [1.29, 1.82) is 5.26 Å². The molecule has 0 aliphatic rings. The molecule has 0 spiro atoms. The van der Waals surface area contributed by atoms with Crippen molar-refractivity contribution < 1.29 is 0 Å². The number of anilines is 1. The van der Waals surface area contributed by atoms with Crippen LogP contribution in [-0.2, 0) is 0 Å². The second kappa shape index (κ2) is 10.6. The van der Waals surface area contributed by atoms with Gasteiger partial charge in [-0.1, -0.05) is 44.2 Å². The molecule has 0 unspecified atom stereocenters. The van der Waals surface area contributed by atoms with Crippen LogP contribution in [0.1, 0.15) is 50.5 Å². The van der Waals surface area contributed by atoms with E-state index in [1.54, 1.807) is 0 Å². The first-order chi connectivity index (χ1) is 9.79. The number of hydrogen-bond acceptors (Lipinski definition) is 3. The minimum atomic E-state index is 0.766. The molecule has 0 heterocycles. The zero-order valence-corrected chi connectivity index (χ0v) is 13.4. The van der Waals surface area contributed by atoms with Crippen molar-refractivity contribution in [1.82, 2.24) is 0 Å². The fourth-order valence-electron chi connectivity index (χ4n) is 2.37. The first-order valence-corrected chi connectivity index (χ1v) is 8.24. The third kappa shape index (κ3) is 6.34. The van der Waals surface area contributed by atoms with Gasteiger partial charge in [-0.3, -0.25) is 0 Å². The number of nitriles is 1. The minimum absolute atomic E-state index is 0.766. The van der Waals surface area contributed by atoms with Crippen LogP contribution in [-0.4, -0.2) is 19.3 Å². The third-order valence-electron chi connectivity index (χ3n) is 3.59. The molecule has 0 aliphatic carbocycles. The molecule has 0 saturated carbocycles. The highest BCUT2D eigenvalue weighted by Crippen LogP contribution is 2.18. The molecule has 2 nitrogen and oxygen atoms in total. The molecule has 0 aromatic heterocycles. The summed E-state index contributed by atoms with van der Waals surface area (Å²) in [4.78, 5) is 2.19. The van der Waals surface area contributed by atoms with Gasteiger partial charge in [0, 0.05) is 13.6 Å². The van der Waals surface area contributed by atoms with Gasteiger partial charge in [0.1, 0.15) is 6.07 Å². The molecule has 0 bridgehead atoms. The standard InChI is InChI=1S/C17H26N2S/c1-19(17-12-8-7-11-16(17)15-18)13-9-5-3-2-4-6-10-14-20/h7-8,11-12,20H,2-6,9-10,13-14H2,1H3. The summed E-state index contributed by atoms with van der Waals surface area (Å²) >= 11 is 4.22. The van der Waals surface area contributed by atoms with Crippen LogP contribution in [0.5, 0.6) is 0 Å². The first-order valence-electron chi connectivity index (χ1n) is 7.60. The Bertz CT molecular complexity index is 412. The number of thiol groups is 1. The van der Waals surface area contributed by atoms with Crippen LogP contribution in [0, 0.1) is 11.3 Å². The lowest BCUT2D eigenvalue weighted by Crippen LogP contribution is -2.19. The zero-order chi connectivity index (χ0) is 14.6. The third-order valence-corrected chi connectivity index (χ3v) is 3.90. The highest BCUT2D eigenvalue weighted by Gasteiger charge is 2.05. The van der Waals surface area contributed by atoms with Crippen molar-refractivity contribution in [2.45, 2.75) is 44.9 Å². The maximum atomic E-state index is 9.10. The van der Waals surface area contributed by atoms with E-state index < -0.39 is 0 Å². The van der Waals surface area contributed by atoms with Gasteiger partial charge >= 0.3 is 0 Å². The molecule has 1 aromatic carbocycles. The Labute approximate surface area is 129 Å². The molecule has 0 atom stereocenters. The second-order valence-electron chi connectivity index (χ2n) is 5.25. The second-order valence-corrected chi connectivity index (χ2v) is 5.70. The molecule has 0 amide bonds.